The summed E-state index contributed by atoms with van der Waals surface area (Å²) in [6, 6.07) is 4.30. The average molecular weight is 297 g/mol. The molecule has 0 spiro atoms. The number of carbonyl (C=O) groups is 1. The molecule has 1 amide bonds. The number of likely N-dealkylation sites (tertiary alicyclic amines) is 1. The van der Waals surface area contributed by atoms with E-state index in [2.05, 4.69) is 34.8 Å². The van der Waals surface area contributed by atoms with Crippen molar-refractivity contribution in [3.63, 3.8) is 0 Å². The molecule has 17 heavy (non-hydrogen) atoms. The van der Waals surface area contributed by atoms with E-state index in [0.717, 1.165) is 17.3 Å². The third-order valence-corrected chi connectivity index (χ3v) is 4.03. The number of rotatable bonds is 1. The average Bonchev–Trinajstić information content (AvgIpc) is 2.29. The van der Waals surface area contributed by atoms with Gasteiger partial charge in [0.2, 0.25) is 0 Å². The first kappa shape index (κ1) is 12.6. The zero-order chi connectivity index (χ0) is 12.4. The number of piperidine rings is 1. The second-order valence-electron chi connectivity index (χ2n) is 4.68. The van der Waals surface area contributed by atoms with Gasteiger partial charge in [-0.15, -0.1) is 0 Å². The molecule has 2 heterocycles. The molecule has 0 N–H and O–H groups in total. The van der Waals surface area contributed by atoms with E-state index in [1.807, 2.05) is 17.0 Å². The molecule has 2 atom stereocenters. The Bertz CT molecular complexity index is 412. The fourth-order valence-corrected chi connectivity index (χ4v) is 2.91. The van der Waals surface area contributed by atoms with Crippen LogP contribution in [0.4, 0.5) is 0 Å². The number of amides is 1. The van der Waals surface area contributed by atoms with Crippen LogP contribution in [0.2, 0.25) is 0 Å². The van der Waals surface area contributed by atoms with Crippen LogP contribution in [0.3, 0.4) is 0 Å². The van der Waals surface area contributed by atoms with Gasteiger partial charge in [-0.2, -0.15) is 0 Å². The van der Waals surface area contributed by atoms with Crippen LogP contribution in [0.5, 0.6) is 0 Å². The van der Waals surface area contributed by atoms with Gasteiger partial charge in [-0.3, -0.25) is 4.79 Å². The third kappa shape index (κ3) is 2.51. The Morgan fingerprint density at radius 1 is 1.41 bits per heavy atom. The van der Waals surface area contributed by atoms with Gasteiger partial charge in [-0.25, -0.2) is 4.98 Å². The first-order valence-electron chi connectivity index (χ1n) is 6.04. The van der Waals surface area contributed by atoms with E-state index in [0.29, 0.717) is 17.8 Å². The van der Waals surface area contributed by atoms with E-state index in [1.165, 1.54) is 6.42 Å². The molecule has 1 aromatic rings. The van der Waals surface area contributed by atoms with E-state index >= 15 is 0 Å². The highest BCUT2D eigenvalue weighted by Crippen LogP contribution is 2.26. The van der Waals surface area contributed by atoms with Gasteiger partial charge in [0.15, 0.2) is 0 Å². The van der Waals surface area contributed by atoms with Gasteiger partial charge in [0.25, 0.3) is 5.91 Å². The van der Waals surface area contributed by atoms with Crippen LogP contribution in [-0.4, -0.2) is 27.9 Å². The van der Waals surface area contributed by atoms with Gasteiger partial charge in [0.05, 0.1) is 0 Å². The van der Waals surface area contributed by atoms with Crippen LogP contribution in [0.15, 0.2) is 22.8 Å². The van der Waals surface area contributed by atoms with Crippen molar-refractivity contribution in [1.82, 2.24) is 9.88 Å². The number of nitrogens with zero attached hydrogens (tertiary/aromatic N) is 2. The molecule has 1 fully saturated rings. The van der Waals surface area contributed by atoms with Gasteiger partial charge in [0.1, 0.15) is 5.69 Å². The van der Waals surface area contributed by atoms with E-state index in [9.17, 15) is 4.79 Å². The Morgan fingerprint density at radius 3 is 2.65 bits per heavy atom. The minimum atomic E-state index is 0.0391. The molecule has 2 rings (SSSR count). The highest BCUT2D eigenvalue weighted by atomic mass is 79.9. The maximum Gasteiger partial charge on any atom is 0.274 e. The summed E-state index contributed by atoms with van der Waals surface area (Å²) in [5.74, 6) is 0.0391. The monoisotopic (exact) mass is 296 g/mol. The van der Waals surface area contributed by atoms with Crippen molar-refractivity contribution >= 4 is 21.8 Å². The summed E-state index contributed by atoms with van der Waals surface area (Å²) in [4.78, 5) is 18.6. The van der Waals surface area contributed by atoms with Crippen molar-refractivity contribution in [3.8, 4) is 0 Å². The lowest BCUT2D eigenvalue weighted by molar-refractivity contribution is 0.0503. The molecule has 1 aliphatic rings. The third-order valence-electron chi connectivity index (χ3n) is 3.39. The lowest BCUT2D eigenvalue weighted by Crippen LogP contribution is -2.47. The molecule has 3 nitrogen and oxygen atoms in total. The number of aromatic nitrogens is 1. The standard InChI is InChI=1S/C13H17BrN2O/c1-9-5-3-6-10(2)16(9)13(17)12-11(14)7-4-8-15-12/h4,7-10H,3,5-6H2,1-2H3/t9-,10+. The Morgan fingerprint density at radius 2 is 2.06 bits per heavy atom. The van der Waals surface area contributed by atoms with Crippen molar-refractivity contribution in [2.45, 2.75) is 45.2 Å². The molecule has 1 aromatic heterocycles. The molecule has 1 aliphatic heterocycles. The molecule has 0 aromatic carbocycles. The highest BCUT2D eigenvalue weighted by Gasteiger charge is 2.30. The summed E-state index contributed by atoms with van der Waals surface area (Å²) in [6.07, 6.45) is 5.04. The number of pyridine rings is 1. The zero-order valence-electron chi connectivity index (χ0n) is 10.2. The molecule has 0 saturated carbocycles. The summed E-state index contributed by atoms with van der Waals surface area (Å²) in [7, 11) is 0. The smallest absolute Gasteiger partial charge is 0.274 e. The van der Waals surface area contributed by atoms with Crippen LogP contribution in [0, 0.1) is 0 Å². The first-order valence-corrected chi connectivity index (χ1v) is 6.83. The summed E-state index contributed by atoms with van der Waals surface area (Å²) in [5.41, 5.74) is 0.521. The predicted molar refractivity (Wildman–Crippen MR) is 70.9 cm³/mol. The molecular weight excluding hydrogens is 280 g/mol. The molecule has 0 aliphatic carbocycles. The normalized spacial score (nSPS) is 24.8. The lowest BCUT2D eigenvalue weighted by atomic mass is 9.97. The topological polar surface area (TPSA) is 33.2 Å². The van der Waals surface area contributed by atoms with Crippen molar-refractivity contribution in [2.75, 3.05) is 0 Å². The zero-order valence-corrected chi connectivity index (χ0v) is 11.8. The molecule has 0 radical (unpaired) electrons. The Kier molecular flexibility index (Phi) is 3.82. The molecule has 0 unspecified atom stereocenters. The van der Waals surface area contributed by atoms with Crippen LogP contribution < -0.4 is 0 Å². The van der Waals surface area contributed by atoms with Crippen molar-refractivity contribution in [1.29, 1.82) is 0 Å². The van der Waals surface area contributed by atoms with Gasteiger partial charge in [-0.1, -0.05) is 0 Å². The fraction of sp³-hybridized carbons (Fsp3) is 0.538. The first-order chi connectivity index (χ1) is 8.11. The molecule has 1 saturated heterocycles. The van der Waals surface area contributed by atoms with Crippen molar-refractivity contribution in [3.05, 3.63) is 28.5 Å². The van der Waals surface area contributed by atoms with E-state index in [4.69, 9.17) is 0 Å². The highest BCUT2D eigenvalue weighted by molar-refractivity contribution is 9.10. The van der Waals surface area contributed by atoms with E-state index in [1.54, 1.807) is 6.20 Å². The molecule has 0 bridgehead atoms. The van der Waals surface area contributed by atoms with Crippen LogP contribution in [-0.2, 0) is 0 Å². The number of halogens is 1. The Labute approximate surface area is 110 Å². The Hall–Kier alpha value is -0.900. The van der Waals surface area contributed by atoms with Crippen LogP contribution >= 0.6 is 15.9 Å². The van der Waals surface area contributed by atoms with Gasteiger partial charge < -0.3 is 4.90 Å². The van der Waals surface area contributed by atoms with Crippen LogP contribution in [0.25, 0.3) is 0 Å². The van der Waals surface area contributed by atoms with Gasteiger partial charge >= 0.3 is 0 Å². The summed E-state index contributed by atoms with van der Waals surface area (Å²) in [5, 5.41) is 0. The lowest BCUT2D eigenvalue weighted by Gasteiger charge is -2.38. The predicted octanol–water partition coefficient (Wildman–Crippen LogP) is 3.25. The van der Waals surface area contributed by atoms with E-state index < -0.39 is 0 Å². The number of carbonyl (C=O) groups excluding carboxylic acids is 1. The second-order valence-corrected chi connectivity index (χ2v) is 5.53. The number of hydrogen-bond donors (Lipinski definition) is 0. The molecular formula is C13H17BrN2O. The summed E-state index contributed by atoms with van der Waals surface area (Å²) >= 11 is 3.39. The Balaban J connectivity index is 2.27. The molecule has 4 heteroatoms. The van der Waals surface area contributed by atoms with Gasteiger partial charge in [-0.05, 0) is 61.2 Å². The second kappa shape index (κ2) is 5.17. The van der Waals surface area contributed by atoms with Crippen molar-refractivity contribution < 1.29 is 4.79 Å². The SMILES string of the molecule is C[C@@H]1CCC[C@H](C)N1C(=O)c1ncccc1Br. The largest absolute Gasteiger partial charge is 0.332 e. The summed E-state index contributed by atoms with van der Waals surface area (Å²) in [6.45, 7) is 4.23. The minimum Gasteiger partial charge on any atom is -0.332 e. The maximum absolute atomic E-state index is 12.5. The quantitative estimate of drug-likeness (QED) is 0.797. The van der Waals surface area contributed by atoms with E-state index in [-0.39, 0.29) is 5.91 Å². The molecule has 92 valence electrons. The van der Waals surface area contributed by atoms with Crippen molar-refractivity contribution in [2.24, 2.45) is 0 Å². The maximum atomic E-state index is 12.5. The minimum absolute atomic E-state index is 0.0391. The fourth-order valence-electron chi connectivity index (χ4n) is 2.49. The summed E-state index contributed by atoms with van der Waals surface area (Å²) < 4.78 is 0.773. The van der Waals surface area contributed by atoms with Crippen LogP contribution in [0.1, 0.15) is 43.6 Å². The van der Waals surface area contributed by atoms with Gasteiger partial charge in [0, 0.05) is 22.8 Å². The number of hydrogen-bond acceptors (Lipinski definition) is 2.